The van der Waals surface area contributed by atoms with Gasteiger partial charge in [0.25, 0.3) is 0 Å². The molecule has 0 aliphatic heterocycles. The molecule has 0 amide bonds. The van der Waals surface area contributed by atoms with Gasteiger partial charge in [-0.3, -0.25) is 4.79 Å². The van der Waals surface area contributed by atoms with Crippen LogP contribution in [0.1, 0.15) is 97.3 Å². The van der Waals surface area contributed by atoms with Crippen LogP contribution in [0.5, 0.6) is 0 Å². The highest BCUT2D eigenvalue weighted by atomic mass is 16.5. The van der Waals surface area contributed by atoms with E-state index < -0.39 is 5.97 Å². The second-order valence-corrected chi connectivity index (χ2v) is 6.04. The van der Waals surface area contributed by atoms with E-state index in [9.17, 15) is 4.79 Å². The molecule has 0 spiro atoms. The molecular weight excluding hydrogens is 264 g/mol. The zero-order valence-corrected chi connectivity index (χ0v) is 14.2. The molecule has 1 N–H and O–H groups in total. The summed E-state index contributed by atoms with van der Waals surface area (Å²) in [7, 11) is 0. The van der Waals surface area contributed by atoms with Gasteiger partial charge in [0.05, 0.1) is 6.10 Å². The third-order valence-corrected chi connectivity index (χ3v) is 3.85. The largest absolute Gasteiger partial charge is 0.481 e. The number of carbonyl (C=O) groups is 1. The number of carboxylic acids is 1. The second kappa shape index (κ2) is 15.8. The first-order valence-electron chi connectivity index (χ1n) is 9.04. The van der Waals surface area contributed by atoms with Crippen LogP contribution in [0.15, 0.2) is 0 Å². The van der Waals surface area contributed by atoms with Crippen molar-refractivity contribution in [2.45, 2.75) is 103 Å². The van der Waals surface area contributed by atoms with Gasteiger partial charge < -0.3 is 9.84 Å². The van der Waals surface area contributed by atoms with Crippen molar-refractivity contribution in [1.82, 2.24) is 0 Å². The van der Waals surface area contributed by atoms with E-state index in [0.717, 1.165) is 25.9 Å². The molecule has 0 aromatic rings. The molecule has 3 heteroatoms. The SMILES string of the molecule is CCCCC(CCCCCCCCCC(=O)O)OCCC. The fraction of sp³-hybridized carbons (Fsp3) is 0.944. The van der Waals surface area contributed by atoms with Crippen LogP contribution < -0.4 is 0 Å². The van der Waals surface area contributed by atoms with E-state index >= 15 is 0 Å². The van der Waals surface area contributed by atoms with E-state index in [0.29, 0.717) is 12.5 Å². The number of hydrogen-bond donors (Lipinski definition) is 1. The topological polar surface area (TPSA) is 46.5 Å². The normalized spacial score (nSPS) is 12.5. The molecule has 126 valence electrons. The minimum Gasteiger partial charge on any atom is -0.481 e. The maximum atomic E-state index is 10.4. The van der Waals surface area contributed by atoms with Crippen LogP contribution in [-0.2, 0) is 9.53 Å². The van der Waals surface area contributed by atoms with Crippen molar-refractivity contribution >= 4 is 5.97 Å². The summed E-state index contributed by atoms with van der Waals surface area (Å²) in [5.41, 5.74) is 0. The highest BCUT2D eigenvalue weighted by Gasteiger charge is 2.07. The lowest BCUT2D eigenvalue weighted by atomic mass is 10.0. The highest BCUT2D eigenvalue weighted by molar-refractivity contribution is 5.66. The quantitative estimate of drug-likeness (QED) is 0.379. The summed E-state index contributed by atoms with van der Waals surface area (Å²) >= 11 is 0. The Balaban J connectivity index is 3.41. The van der Waals surface area contributed by atoms with Crippen molar-refractivity contribution in [3.8, 4) is 0 Å². The fourth-order valence-corrected chi connectivity index (χ4v) is 2.56. The molecule has 0 aliphatic carbocycles. The van der Waals surface area contributed by atoms with Gasteiger partial charge in [0.2, 0.25) is 0 Å². The van der Waals surface area contributed by atoms with Crippen LogP contribution in [0.3, 0.4) is 0 Å². The number of carboxylic acid groups (broad SMARTS) is 1. The van der Waals surface area contributed by atoms with Crippen molar-refractivity contribution in [3.63, 3.8) is 0 Å². The van der Waals surface area contributed by atoms with E-state index in [4.69, 9.17) is 9.84 Å². The lowest BCUT2D eigenvalue weighted by Gasteiger charge is -2.17. The molecule has 0 radical (unpaired) electrons. The summed E-state index contributed by atoms with van der Waals surface area (Å²) < 4.78 is 5.92. The van der Waals surface area contributed by atoms with Crippen molar-refractivity contribution in [2.75, 3.05) is 6.61 Å². The Morgan fingerprint density at radius 2 is 1.43 bits per heavy atom. The molecule has 0 saturated carbocycles. The predicted octanol–water partition coefficient (Wildman–Crippen LogP) is 5.57. The van der Waals surface area contributed by atoms with Gasteiger partial charge in [-0.15, -0.1) is 0 Å². The zero-order valence-electron chi connectivity index (χ0n) is 14.2. The van der Waals surface area contributed by atoms with Gasteiger partial charge in [-0.05, 0) is 25.7 Å². The Labute approximate surface area is 131 Å². The maximum Gasteiger partial charge on any atom is 0.303 e. The second-order valence-electron chi connectivity index (χ2n) is 6.04. The summed E-state index contributed by atoms with van der Waals surface area (Å²) in [6, 6.07) is 0. The van der Waals surface area contributed by atoms with E-state index in [1.807, 2.05) is 0 Å². The lowest BCUT2D eigenvalue weighted by molar-refractivity contribution is -0.137. The minimum absolute atomic E-state index is 0.327. The number of ether oxygens (including phenoxy) is 1. The van der Waals surface area contributed by atoms with Gasteiger partial charge in [-0.2, -0.15) is 0 Å². The van der Waals surface area contributed by atoms with Gasteiger partial charge in [-0.1, -0.05) is 65.2 Å². The molecule has 0 bridgehead atoms. The monoisotopic (exact) mass is 300 g/mol. The molecule has 0 aromatic heterocycles. The lowest BCUT2D eigenvalue weighted by Crippen LogP contribution is -2.13. The molecule has 0 heterocycles. The van der Waals surface area contributed by atoms with Crippen LogP contribution in [0.2, 0.25) is 0 Å². The van der Waals surface area contributed by atoms with E-state index in [2.05, 4.69) is 13.8 Å². The van der Waals surface area contributed by atoms with E-state index in [1.165, 1.54) is 57.8 Å². The van der Waals surface area contributed by atoms with Crippen LogP contribution in [0.4, 0.5) is 0 Å². The molecule has 0 aromatic carbocycles. The summed E-state index contributed by atoms with van der Waals surface area (Å²) in [5.74, 6) is -0.666. The van der Waals surface area contributed by atoms with Gasteiger partial charge in [0.1, 0.15) is 0 Å². The average molecular weight is 300 g/mol. The van der Waals surface area contributed by atoms with Crippen molar-refractivity contribution in [2.24, 2.45) is 0 Å². The van der Waals surface area contributed by atoms with Crippen LogP contribution in [0, 0.1) is 0 Å². The molecule has 0 fully saturated rings. The molecule has 21 heavy (non-hydrogen) atoms. The predicted molar refractivity (Wildman–Crippen MR) is 88.7 cm³/mol. The standard InChI is InChI=1S/C18H36O3/c1-3-5-13-17(21-16-4-2)14-11-9-7-6-8-10-12-15-18(19)20/h17H,3-16H2,1-2H3,(H,19,20). The number of hydrogen-bond acceptors (Lipinski definition) is 2. The highest BCUT2D eigenvalue weighted by Crippen LogP contribution is 2.15. The molecule has 0 saturated heterocycles. The Morgan fingerprint density at radius 1 is 0.857 bits per heavy atom. The molecule has 1 atom stereocenters. The smallest absolute Gasteiger partial charge is 0.303 e. The molecule has 0 aliphatic rings. The Morgan fingerprint density at radius 3 is 2.00 bits per heavy atom. The minimum atomic E-state index is -0.666. The van der Waals surface area contributed by atoms with Crippen molar-refractivity contribution in [3.05, 3.63) is 0 Å². The number of rotatable bonds is 16. The van der Waals surface area contributed by atoms with Crippen LogP contribution >= 0.6 is 0 Å². The molecule has 0 rings (SSSR count). The first kappa shape index (κ1) is 20.4. The maximum absolute atomic E-state index is 10.4. The molecular formula is C18H36O3. The summed E-state index contributed by atoms with van der Waals surface area (Å²) in [6.45, 7) is 5.31. The Bertz CT molecular complexity index is 221. The molecule has 1 unspecified atom stereocenters. The van der Waals surface area contributed by atoms with Gasteiger partial charge in [-0.25, -0.2) is 0 Å². The number of aliphatic carboxylic acids is 1. The van der Waals surface area contributed by atoms with Crippen molar-refractivity contribution in [1.29, 1.82) is 0 Å². The van der Waals surface area contributed by atoms with Gasteiger partial charge in [0.15, 0.2) is 0 Å². The van der Waals surface area contributed by atoms with Crippen molar-refractivity contribution < 1.29 is 14.6 Å². The van der Waals surface area contributed by atoms with Gasteiger partial charge >= 0.3 is 5.97 Å². The zero-order chi connectivity index (χ0) is 15.8. The third-order valence-electron chi connectivity index (χ3n) is 3.85. The first-order valence-corrected chi connectivity index (χ1v) is 9.04. The van der Waals surface area contributed by atoms with E-state index in [1.54, 1.807) is 0 Å². The summed E-state index contributed by atoms with van der Waals surface area (Å²) in [5, 5.41) is 8.55. The third kappa shape index (κ3) is 15.6. The average Bonchev–Trinajstić information content (AvgIpc) is 2.47. The van der Waals surface area contributed by atoms with Gasteiger partial charge in [0, 0.05) is 13.0 Å². The first-order chi connectivity index (χ1) is 10.2. The Hall–Kier alpha value is -0.570. The van der Waals surface area contributed by atoms with Crippen LogP contribution in [0.25, 0.3) is 0 Å². The summed E-state index contributed by atoms with van der Waals surface area (Å²) in [6.07, 6.45) is 15.0. The molecule has 3 nitrogen and oxygen atoms in total. The van der Waals surface area contributed by atoms with E-state index in [-0.39, 0.29) is 0 Å². The summed E-state index contributed by atoms with van der Waals surface area (Å²) in [4.78, 5) is 10.4. The fourth-order valence-electron chi connectivity index (χ4n) is 2.56. The Kier molecular flexibility index (Phi) is 15.4. The number of unbranched alkanes of at least 4 members (excludes halogenated alkanes) is 7. The van der Waals surface area contributed by atoms with Crippen LogP contribution in [-0.4, -0.2) is 23.8 Å².